The van der Waals surface area contributed by atoms with Gasteiger partial charge in [0.1, 0.15) is 11.5 Å². The smallest absolute Gasteiger partial charge is 0.269 e. The quantitative estimate of drug-likeness (QED) is 0.277. The van der Waals surface area contributed by atoms with Crippen molar-refractivity contribution in [2.45, 2.75) is 20.8 Å². The van der Waals surface area contributed by atoms with Crippen LogP contribution < -0.4 is 0 Å². The monoisotopic (exact) mass is 447 g/mol. The largest absolute Gasteiger partial charge is 0.457 e. The van der Waals surface area contributed by atoms with Gasteiger partial charge in [-0.15, -0.1) is 0 Å². The Hall–Kier alpha value is -3.65. The van der Waals surface area contributed by atoms with Crippen LogP contribution in [-0.4, -0.2) is 27.9 Å². The molecule has 1 aliphatic rings. The van der Waals surface area contributed by atoms with E-state index in [1.807, 2.05) is 32.0 Å². The number of amidine groups is 1. The lowest BCUT2D eigenvalue weighted by atomic mass is 10.1. The molecule has 2 aromatic carbocycles. The van der Waals surface area contributed by atoms with Crippen LogP contribution >= 0.6 is 11.8 Å². The first-order valence-electron chi connectivity index (χ1n) is 9.92. The fraction of sp³-hybridized carbons (Fsp3) is 0.167. The number of furan rings is 1. The van der Waals surface area contributed by atoms with Gasteiger partial charge in [0.2, 0.25) is 0 Å². The summed E-state index contributed by atoms with van der Waals surface area (Å²) in [5, 5.41) is 11.6. The summed E-state index contributed by atoms with van der Waals surface area (Å²) in [4.78, 5) is 29.9. The van der Waals surface area contributed by atoms with E-state index in [1.165, 1.54) is 34.4 Å². The molecule has 4 rings (SSSR count). The van der Waals surface area contributed by atoms with Crippen molar-refractivity contribution < 1.29 is 14.1 Å². The summed E-state index contributed by atoms with van der Waals surface area (Å²) < 4.78 is 5.91. The van der Waals surface area contributed by atoms with E-state index >= 15 is 0 Å². The number of amides is 1. The molecule has 1 saturated heterocycles. The highest BCUT2D eigenvalue weighted by molar-refractivity contribution is 8.18. The minimum atomic E-state index is -0.425. The number of aliphatic imine (C=N–C) groups is 1. The van der Waals surface area contributed by atoms with E-state index in [0.29, 0.717) is 21.6 Å². The number of carbonyl (C=O) groups is 1. The van der Waals surface area contributed by atoms with E-state index in [4.69, 9.17) is 4.42 Å². The molecule has 1 fully saturated rings. The highest BCUT2D eigenvalue weighted by Gasteiger charge is 2.30. The molecule has 0 N–H and O–H groups in total. The van der Waals surface area contributed by atoms with Gasteiger partial charge in [-0.2, -0.15) is 0 Å². The van der Waals surface area contributed by atoms with E-state index in [-0.39, 0.29) is 11.6 Å². The molecule has 0 saturated carbocycles. The first-order valence-corrected chi connectivity index (χ1v) is 10.7. The molecule has 0 radical (unpaired) electrons. The first kappa shape index (κ1) is 21.6. The van der Waals surface area contributed by atoms with Gasteiger partial charge in [-0.05, 0) is 79.6 Å². The number of non-ortho nitro benzene ring substituents is 1. The molecule has 2 heterocycles. The molecule has 0 spiro atoms. The molecule has 162 valence electrons. The van der Waals surface area contributed by atoms with E-state index in [0.717, 1.165) is 22.4 Å². The lowest BCUT2D eigenvalue weighted by Gasteiger charge is -2.08. The fourth-order valence-electron chi connectivity index (χ4n) is 3.30. The molecule has 8 heteroatoms. The van der Waals surface area contributed by atoms with Gasteiger partial charge < -0.3 is 4.42 Å². The number of nitro benzene ring substituents is 1. The number of carbonyl (C=O) groups excluding carboxylic acids is 1. The number of nitrogens with zero attached hydrogens (tertiary/aromatic N) is 3. The Balaban J connectivity index is 1.59. The average Bonchev–Trinajstić information content (AvgIpc) is 3.31. The van der Waals surface area contributed by atoms with Crippen molar-refractivity contribution in [1.29, 1.82) is 0 Å². The van der Waals surface area contributed by atoms with Crippen molar-refractivity contribution in [2.24, 2.45) is 4.99 Å². The summed E-state index contributed by atoms with van der Waals surface area (Å²) in [6.45, 7) is 5.87. The molecule has 1 aliphatic heterocycles. The maximum absolute atomic E-state index is 12.7. The predicted octanol–water partition coefficient (Wildman–Crippen LogP) is 6.01. The van der Waals surface area contributed by atoms with Gasteiger partial charge in [-0.1, -0.05) is 6.07 Å². The maximum atomic E-state index is 12.7. The second-order valence-electron chi connectivity index (χ2n) is 7.60. The highest BCUT2D eigenvalue weighted by Crippen LogP contribution is 2.35. The number of thioether (sulfide) groups is 1. The standard InChI is InChI=1S/C24H21N3O4S/c1-14-5-6-17(11-15(14)2)25-24-26(4)23(28)22(32-24)13-19-8-10-21(31-19)20-9-7-18(27(29)30)12-16(20)3/h5-13H,1-4H3/b22-13+,25-24?. The summed E-state index contributed by atoms with van der Waals surface area (Å²) in [6, 6.07) is 14.1. The number of rotatable bonds is 4. The van der Waals surface area contributed by atoms with Crippen molar-refractivity contribution in [3.05, 3.63) is 86.0 Å². The topological polar surface area (TPSA) is 89.0 Å². The summed E-state index contributed by atoms with van der Waals surface area (Å²) in [6.07, 6.45) is 1.69. The van der Waals surface area contributed by atoms with Crippen LogP contribution in [0.25, 0.3) is 17.4 Å². The van der Waals surface area contributed by atoms with Gasteiger partial charge in [0.25, 0.3) is 11.6 Å². The Morgan fingerprint density at radius 2 is 1.81 bits per heavy atom. The zero-order valence-electron chi connectivity index (χ0n) is 18.1. The van der Waals surface area contributed by atoms with Crippen molar-refractivity contribution in [1.82, 2.24) is 4.90 Å². The number of benzene rings is 2. The molecule has 0 unspecified atom stereocenters. The van der Waals surface area contributed by atoms with Gasteiger partial charge in [0.15, 0.2) is 5.17 Å². The van der Waals surface area contributed by atoms with Crippen molar-refractivity contribution >= 4 is 40.3 Å². The van der Waals surface area contributed by atoms with E-state index in [2.05, 4.69) is 4.99 Å². The Morgan fingerprint density at radius 1 is 1.03 bits per heavy atom. The SMILES string of the molecule is Cc1ccc(N=C2S/C(=C/c3ccc(-c4ccc([N+](=O)[O-])cc4C)o3)C(=O)N2C)cc1C. The van der Waals surface area contributed by atoms with Gasteiger partial charge >= 0.3 is 0 Å². The number of nitro groups is 1. The van der Waals surface area contributed by atoms with Crippen LogP contribution in [0.5, 0.6) is 0 Å². The van der Waals surface area contributed by atoms with Gasteiger partial charge in [-0.25, -0.2) is 4.99 Å². The van der Waals surface area contributed by atoms with E-state index < -0.39 is 4.92 Å². The van der Waals surface area contributed by atoms with Crippen LogP contribution in [0.15, 0.2) is 62.8 Å². The van der Waals surface area contributed by atoms with E-state index in [1.54, 1.807) is 38.2 Å². The number of hydrogen-bond donors (Lipinski definition) is 0. The zero-order chi connectivity index (χ0) is 23.0. The van der Waals surface area contributed by atoms with Crippen LogP contribution in [0.3, 0.4) is 0 Å². The van der Waals surface area contributed by atoms with E-state index in [9.17, 15) is 14.9 Å². The predicted molar refractivity (Wildman–Crippen MR) is 127 cm³/mol. The third-order valence-corrected chi connectivity index (χ3v) is 6.37. The molecule has 0 aliphatic carbocycles. The summed E-state index contributed by atoms with van der Waals surface area (Å²) in [5.74, 6) is 0.952. The van der Waals surface area contributed by atoms with Gasteiger partial charge in [0.05, 0.1) is 15.5 Å². The van der Waals surface area contributed by atoms with Crippen molar-refractivity contribution in [3.8, 4) is 11.3 Å². The number of likely N-dealkylation sites (N-methyl/N-ethyl adjacent to an activating group) is 1. The lowest BCUT2D eigenvalue weighted by molar-refractivity contribution is -0.384. The lowest BCUT2D eigenvalue weighted by Crippen LogP contribution is -2.23. The van der Waals surface area contributed by atoms with Crippen molar-refractivity contribution in [3.63, 3.8) is 0 Å². The summed E-state index contributed by atoms with van der Waals surface area (Å²) in [7, 11) is 1.70. The average molecular weight is 448 g/mol. The van der Waals surface area contributed by atoms with Crippen molar-refractivity contribution in [2.75, 3.05) is 7.05 Å². The molecule has 0 bridgehead atoms. The molecule has 3 aromatic rings. The Labute approximate surface area is 189 Å². The van der Waals surface area contributed by atoms with Crippen LogP contribution in [0.4, 0.5) is 11.4 Å². The second-order valence-corrected chi connectivity index (χ2v) is 8.61. The normalized spacial score (nSPS) is 16.4. The molecule has 1 aromatic heterocycles. The Morgan fingerprint density at radius 3 is 2.50 bits per heavy atom. The third-order valence-electron chi connectivity index (χ3n) is 5.31. The highest BCUT2D eigenvalue weighted by atomic mass is 32.2. The van der Waals surface area contributed by atoms with Crippen LogP contribution in [0.1, 0.15) is 22.5 Å². The Bertz CT molecular complexity index is 1310. The molecule has 7 nitrogen and oxygen atoms in total. The Kier molecular flexibility index (Phi) is 5.71. The van der Waals surface area contributed by atoms with Crippen LogP contribution in [-0.2, 0) is 4.79 Å². The molecular formula is C24H21N3O4S. The molecule has 0 atom stereocenters. The minimum absolute atomic E-state index is 0.0340. The van der Waals surface area contributed by atoms with Crippen LogP contribution in [0, 0.1) is 30.9 Å². The van der Waals surface area contributed by atoms with Crippen LogP contribution in [0.2, 0.25) is 0 Å². The maximum Gasteiger partial charge on any atom is 0.269 e. The molecule has 1 amide bonds. The fourth-order valence-corrected chi connectivity index (χ4v) is 4.27. The number of aryl methyl sites for hydroxylation is 3. The van der Waals surface area contributed by atoms with Gasteiger partial charge in [0, 0.05) is 30.8 Å². The first-order chi connectivity index (χ1) is 15.2. The third kappa shape index (κ3) is 4.22. The second kappa shape index (κ2) is 8.47. The summed E-state index contributed by atoms with van der Waals surface area (Å²) in [5.41, 5.74) is 4.66. The molecular weight excluding hydrogens is 426 g/mol. The molecule has 32 heavy (non-hydrogen) atoms. The number of hydrogen-bond acceptors (Lipinski definition) is 6. The zero-order valence-corrected chi connectivity index (χ0v) is 18.9. The minimum Gasteiger partial charge on any atom is -0.457 e. The summed E-state index contributed by atoms with van der Waals surface area (Å²) >= 11 is 1.29. The van der Waals surface area contributed by atoms with Gasteiger partial charge in [-0.3, -0.25) is 19.8 Å².